The van der Waals surface area contributed by atoms with Crippen molar-refractivity contribution in [2.45, 2.75) is 71.4 Å². The van der Waals surface area contributed by atoms with E-state index in [1.165, 1.54) is 23.3 Å². The second-order valence-corrected chi connectivity index (χ2v) is 9.06. The predicted octanol–water partition coefficient (Wildman–Crippen LogP) is 5.27. The Hall–Kier alpha value is -2.63. The molecule has 0 saturated carbocycles. The number of carbonyl (C=O) groups is 2. The average molecular weight is 426 g/mol. The van der Waals surface area contributed by atoms with Crippen LogP contribution in [-0.2, 0) is 4.79 Å². The van der Waals surface area contributed by atoms with E-state index in [4.69, 9.17) is 4.99 Å². The summed E-state index contributed by atoms with van der Waals surface area (Å²) in [6, 6.07) is 8.98. The molecule has 168 valence electrons. The lowest BCUT2D eigenvalue weighted by atomic mass is 9.95. The number of nitrogens with zero attached hydrogens (tertiary/aromatic N) is 3. The molecule has 2 atom stereocenters. The molecule has 0 aromatic heterocycles. The molecule has 1 aliphatic carbocycles. The fourth-order valence-corrected chi connectivity index (χ4v) is 4.41. The van der Waals surface area contributed by atoms with E-state index in [-0.39, 0.29) is 24.3 Å². The van der Waals surface area contributed by atoms with Crippen molar-refractivity contribution in [2.24, 2.45) is 10.9 Å². The summed E-state index contributed by atoms with van der Waals surface area (Å²) in [4.78, 5) is 33.3. The van der Waals surface area contributed by atoms with Gasteiger partial charge in [0.05, 0.1) is 12.6 Å². The van der Waals surface area contributed by atoms with Gasteiger partial charge in [0.1, 0.15) is 6.04 Å². The minimum Gasteiger partial charge on any atom is -0.465 e. The zero-order valence-electron chi connectivity index (χ0n) is 19.0. The van der Waals surface area contributed by atoms with Crippen LogP contribution in [0, 0.1) is 5.92 Å². The van der Waals surface area contributed by atoms with Gasteiger partial charge in [-0.3, -0.25) is 4.79 Å². The van der Waals surface area contributed by atoms with Crippen LogP contribution in [0.5, 0.6) is 0 Å². The van der Waals surface area contributed by atoms with Crippen molar-refractivity contribution in [3.63, 3.8) is 0 Å². The van der Waals surface area contributed by atoms with Gasteiger partial charge < -0.3 is 10.0 Å². The van der Waals surface area contributed by atoms with Crippen molar-refractivity contribution < 1.29 is 14.7 Å². The number of carbonyl (C=O) groups excluding carboxylic acids is 1. The van der Waals surface area contributed by atoms with Crippen molar-refractivity contribution in [2.75, 3.05) is 13.1 Å². The van der Waals surface area contributed by atoms with Crippen molar-refractivity contribution in [3.05, 3.63) is 47.5 Å². The van der Waals surface area contributed by atoms with Crippen molar-refractivity contribution in [1.82, 2.24) is 9.80 Å². The Kier molecular flexibility index (Phi) is 7.88. The molecule has 1 saturated heterocycles. The van der Waals surface area contributed by atoms with E-state index in [0.717, 1.165) is 24.8 Å². The summed E-state index contributed by atoms with van der Waals surface area (Å²) >= 11 is 0. The van der Waals surface area contributed by atoms with E-state index in [9.17, 15) is 14.7 Å². The number of hydrogen-bond acceptors (Lipinski definition) is 3. The molecule has 1 amide bonds. The molecule has 6 heteroatoms. The van der Waals surface area contributed by atoms with E-state index in [2.05, 4.69) is 6.08 Å². The molecule has 1 unspecified atom stereocenters. The summed E-state index contributed by atoms with van der Waals surface area (Å²) in [5, 5.41) is 10.1. The van der Waals surface area contributed by atoms with Crippen LogP contribution in [0.15, 0.2) is 47.0 Å². The number of amides is 1. The molecular formula is C25H35N3O3. The van der Waals surface area contributed by atoms with Crippen molar-refractivity contribution >= 4 is 17.8 Å². The SMILES string of the molecule is CC(C)C[C@H]1C(=O)CN(CCC2=CCCCC2)C(=NC(C)c2ccccc2)N1C(=O)O. The topological polar surface area (TPSA) is 73.2 Å². The molecule has 6 nitrogen and oxygen atoms in total. The van der Waals surface area contributed by atoms with Crippen LogP contribution < -0.4 is 0 Å². The molecule has 1 N–H and O–H groups in total. The second kappa shape index (κ2) is 10.6. The van der Waals surface area contributed by atoms with Crippen LogP contribution in [0.4, 0.5) is 4.79 Å². The standard InChI is InChI=1S/C25H35N3O3/c1-18(2)16-22-23(29)17-27(15-14-20-10-6-4-7-11-20)24(28(22)25(30)31)26-19(3)21-12-8-5-9-13-21/h5,8-10,12-13,18-19,22H,4,6-7,11,14-17H2,1-3H3,(H,30,31)/t19?,22-/m0/s1. The summed E-state index contributed by atoms with van der Waals surface area (Å²) < 4.78 is 0. The Morgan fingerprint density at radius 1 is 1.19 bits per heavy atom. The monoisotopic (exact) mass is 425 g/mol. The first-order chi connectivity index (χ1) is 14.9. The average Bonchev–Trinajstić information content (AvgIpc) is 2.75. The van der Waals surface area contributed by atoms with Crippen molar-refractivity contribution in [3.8, 4) is 0 Å². The summed E-state index contributed by atoms with van der Waals surface area (Å²) in [7, 11) is 0. The van der Waals surface area contributed by atoms with Crippen LogP contribution in [0.2, 0.25) is 0 Å². The molecule has 0 radical (unpaired) electrons. The molecule has 3 rings (SSSR count). The second-order valence-electron chi connectivity index (χ2n) is 9.06. The molecule has 2 aliphatic rings. The molecule has 0 bridgehead atoms. The smallest absolute Gasteiger partial charge is 0.414 e. The summed E-state index contributed by atoms with van der Waals surface area (Å²) in [5.41, 5.74) is 2.42. The highest BCUT2D eigenvalue weighted by atomic mass is 16.4. The fraction of sp³-hybridized carbons (Fsp3) is 0.560. The highest BCUT2D eigenvalue weighted by Crippen LogP contribution is 2.26. The van der Waals surface area contributed by atoms with Gasteiger partial charge in [-0.25, -0.2) is 14.7 Å². The van der Waals surface area contributed by atoms with Gasteiger partial charge in [-0.1, -0.05) is 55.8 Å². The minimum absolute atomic E-state index is 0.0416. The molecule has 1 aromatic rings. The number of hydrogen-bond donors (Lipinski definition) is 1. The van der Waals surface area contributed by atoms with E-state index >= 15 is 0 Å². The zero-order chi connectivity index (χ0) is 22.4. The quantitative estimate of drug-likeness (QED) is 0.604. The summed E-state index contributed by atoms with van der Waals surface area (Å²) in [6.45, 7) is 6.82. The van der Waals surface area contributed by atoms with Crippen LogP contribution in [0.1, 0.15) is 70.9 Å². The predicted molar refractivity (Wildman–Crippen MR) is 123 cm³/mol. The summed E-state index contributed by atoms with van der Waals surface area (Å²) in [6.07, 6.45) is 7.17. The molecule has 1 aliphatic heterocycles. The van der Waals surface area contributed by atoms with Crippen LogP contribution in [0.3, 0.4) is 0 Å². The largest absolute Gasteiger partial charge is 0.465 e. The molecule has 31 heavy (non-hydrogen) atoms. The molecule has 0 spiro atoms. The van der Waals surface area contributed by atoms with Gasteiger partial charge in [-0.05, 0) is 56.9 Å². The number of rotatable bonds is 7. The van der Waals surface area contributed by atoms with Gasteiger partial charge in [-0.15, -0.1) is 0 Å². The number of allylic oxidation sites excluding steroid dienone is 1. The van der Waals surface area contributed by atoms with E-state index in [0.29, 0.717) is 18.9 Å². The van der Waals surface area contributed by atoms with Crippen molar-refractivity contribution in [1.29, 1.82) is 0 Å². The lowest BCUT2D eigenvalue weighted by Gasteiger charge is -2.41. The van der Waals surface area contributed by atoms with Gasteiger partial charge in [-0.2, -0.15) is 0 Å². The lowest BCUT2D eigenvalue weighted by molar-refractivity contribution is -0.125. The van der Waals surface area contributed by atoms with Gasteiger partial charge in [0.2, 0.25) is 5.96 Å². The maximum Gasteiger partial charge on any atom is 0.414 e. The number of ketones is 1. The normalized spacial score (nSPS) is 22.1. The first-order valence-corrected chi connectivity index (χ1v) is 11.5. The van der Waals surface area contributed by atoms with Gasteiger partial charge in [0.25, 0.3) is 0 Å². The third-order valence-corrected chi connectivity index (χ3v) is 6.11. The zero-order valence-corrected chi connectivity index (χ0v) is 19.0. The van der Waals surface area contributed by atoms with E-state index in [1.807, 2.05) is 56.0 Å². The molecule has 1 aromatic carbocycles. The maximum atomic E-state index is 13.0. The number of guanidine groups is 1. The fourth-order valence-electron chi connectivity index (χ4n) is 4.41. The first-order valence-electron chi connectivity index (χ1n) is 11.5. The minimum atomic E-state index is -1.11. The highest BCUT2D eigenvalue weighted by molar-refractivity contribution is 6.04. The number of aliphatic imine (C=N–C) groups is 1. The third kappa shape index (κ3) is 5.96. The highest BCUT2D eigenvalue weighted by Gasteiger charge is 2.41. The Morgan fingerprint density at radius 3 is 2.55 bits per heavy atom. The molecular weight excluding hydrogens is 390 g/mol. The van der Waals surface area contributed by atoms with Crippen LogP contribution in [-0.4, -0.2) is 51.9 Å². The summed E-state index contributed by atoms with van der Waals surface area (Å²) in [5.74, 6) is 0.577. The van der Waals surface area contributed by atoms with Gasteiger partial charge in [0.15, 0.2) is 5.78 Å². The maximum absolute atomic E-state index is 13.0. The number of carboxylic acid groups (broad SMARTS) is 1. The van der Waals surface area contributed by atoms with Crippen LogP contribution >= 0.6 is 0 Å². The Bertz CT molecular complexity index is 832. The Balaban J connectivity index is 1.92. The van der Waals surface area contributed by atoms with E-state index in [1.54, 1.807) is 0 Å². The Morgan fingerprint density at radius 2 is 1.94 bits per heavy atom. The van der Waals surface area contributed by atoms with Gasteiger partial charge >= 0.3 is 6.09 Å². The molecule has 1 heterocycles. The van der Waals surface area contributed by atoms with E-state index < -0.39 is 12.1 Å². The Labute approximate surface area is 185 Å². The number of Topliss-reactive ketones (excluding diaryl/α,β-unsaturated/α-hetero) is 1. The molecule has 1 fully saturated rings. The lowest BCUT2D eigenvalue weighted by Crippen LogP contribution is -2.62. The third-order valence-electron chi connectivity index (χ3n) is 6.11. The number of benzene rings is 1. The van der Waals surface area contributed by atoms with Gasteiger partial charge in [0, 0.05) is 6.54 Å². The van der Waals surface area contributed by atoms with Crippen LogP contribution in [0.25, 0.3) is 0 Å². The first kappa shape index (κ1) is 23.0.